The number of nitrogens with zero attached hydrogens (tertiary/aromatic N) is 3. The molecule has 0 saturated heterocycles. The predicted octanol–water partition coefficient (Wildman–Crippen LogP) is 4.85. The van der Waals surface area contributed by atoms with E-state index in [2.05, 4.69) is 10.3 Å². The van der Waals surface area contributed by atoms with Crippen LogP contribution in [0.1, 0.15) is 34.3 Å². The third-order valence-corrected chi connectivity index (χ3v) is 6.53. The van der Waals surface area contributed by atoms with E-state index in [1.807, 2.05) is 60.3 Å². The van der Waals surface area contributed by atoms with Crippen molar-refractivity contribution in [1.82, 2.24) is 9.55 Å². The van der Waals surface area contributed by atoms with Gasteiger partial charge in [-0.25, -0.2) is 9.78 Å². The number of esters is 1. The van der Waals surface area contributed by atoms with Gasteiger partial charge in [0, 0.05) is 36.3 Å². The molecule has 9 heteroatoms. The van der Waals surface area contributed by atoms with Crippen molar-refractivity contribution in [2.75, 3.05) is 18.7 Å². The number of hydrogen-bond donors (Lipinski definition) is 1. The van der Waals surface area contributed by atoms with Crippen molar-refractivity contribution >= 4 is 29.0 Å². The van der Waals surface area contributed by atoms with E-state index in [-0.39, 0.29) is 19.3 Å². The maximum Gasteiger partial charge on any atom is 0.338 e. The van der Waals surface area contributed by atoms with Crippen molar-refractivity contribution in [3.8, 4) is 22.9 Å². The molecule has 38 heavy (non-hydrogen) atoms. The molecule has 4 aromatic rings. The second-order valence-corrected chi connectivity index (χ2v) is 8.92. The molecule has 3 aromatic carbocycles. The number of aliphatic imine (C=N–C) groups is 1. The summed E-state index contributed by atoms with van der Waals surface area (Å²) in [6.45, 7) is 2.16. The minimum atomic E-state index is -0.698. The van der Waals surface area contributed by atoms with Gasteiger partial charge in [-0.15, -0.1) is 0 Å². The lowest BCUT2D eigenvalue weighted by molar-refractivity contribution is -0.115. The maximum atomic E-state index is 13.3. The van der Waals surface area contributed by atoms with Crippen LogP contribution in [0.5, 0.6) is 11.5 Å². The van der Waals surface area contributed by atoms with Gasteiger partial charge in [-0.05, 0) is 67.1 Å². The number of carbonyl (C=O) groups excluding carboxylic acids is 2. The van der Waals surface area contributed by atoms with Crippen molar-refractivity contribution in [3.05, 3.63) is 89.7 Å². The van der Waals surface area contributed by atoms with Crippen molar-refractivity contribution in [1.29, 1.82) is 0 Å². The molecule has 0 aliphatic carbocycles. The molecule has 0 radical (unpaired) electrons. The summed E-state index contributed by atoms with van der Waals surface area (Å²) in [6.07, 6.45) is 3.64. The van der Waals surface area contributed by atoms with Gasteiger partial charge in [-0.2, -0.15) is 0 Å². The molecule has 1 N–H and O–H groups in total. The first kappa shape index (κ1) is 23.5. The zero-order valence-electron chi connectivity index (χ0n) is 20.8. The lowest BCUT2D eigenvalue weighted by Crippen LogP contribution is -2.22. The van der Waals surface area contributed by atoms with Crippen LogP contribution in [0.2, 0.25) is 0 Å². The Morgan fingerprint density at radius 1 is 1.08 bits per heavy atom. The maximum absolute atomic E-state index is 13.3. The quantitative estimate of drug-likeness (QED) is 0.295. The molecule has 2 aliphatic heterocycles. The fourth-order valence-electron chi connectivity index (χ4n) is 4.69. The number of fused-ring (bicyclic) bond motifs is 2. The number of carbonyl (C=O) groups is 2. The van der Waals surface area contributed by atoms with Crippen LogP contribution >= 0.6 is 0 Å². The Balaban J connectivity index is 1.43. The van der Waals surface area contributed by atoms with Gasteiger partial charge >= 0.3 is 5.97 Å². The lowest BCUT2D eigenvalue weighted by Gasteiger charge is -2.15. The zero-order chi connectivity index (χ0) is 26.2. The highest BCUT2D eigenvalue weighted by Crippen LogP contribution is 2.39. The highest BCUT2D eigenvalue weighted by atomic mass is 16.7. The number of hydrogen-bond acceptors (Lipinski definition) is 7. The number of rotatable bonds is 6. The number of benzene rings is 3. The van der Waals surface area contributed by atoms with Crippen LogP contribution in [-0.2, 0) is 16.6 Å². The molecule has 2 aliphatic rings. The van der Waals surface area contributed by atoms with E-state index in [9.17, 15) is 9.59 Å². The average molecular weight is 509 g/mol. The van der Waals surface area contributed by atoms with Crippen LogP contribution in [0.15, 0.2) is 78.0 Å². The van der Waals surface area contributed by atoms with E-state index in [1.54, 1.807) is 31.3 Å². The van der Waals surface area contributed by atoms with Crippen LogP contribution in [-0.4, -0.2) is 40.5 Å². The summed E-state index contributed by atoms with van der Waals surface area (Å²) < 4.78 is 18.1. The van der Waals surface area contributed by atoms with Gasteiger partial charge in [0.2, 0.25) is 12.7 Å². The summed E-state index contributed by atoms with van der Waals surface area (Å²) in [5.41, 5.74) is 4.57. The average Bonchev–Trinajstić information content (AvgIpc) is 3.65. The SMILES string of the molecule is CCOC(=O)c1ccc2c(c1)NC(=O)C2C(=Nc1ccc(-c2nccn2C)cc1)c1ccc2c(c1)OCO2. The van der Waals surface area contributed by atoms with Crippen LogP contribution in [0.25, 0.3) is 11.4 Å². The molecule has 3 heterocycles. The van der Waals surface area contributed by atoms with Gasteiger partial charge in [0.1, 0.15) is 11.7 Å². The van der Waals surface area contributed by atoms with Gasteiger partial charge in [0.15, 0.2) is 11.5 Å². The molecular weight excluding hydrogens is 484 g/mol. The molecule has 9 nitrogen and oxygen atoms in total. The molecule has 6 rings (SSSR count). The van der Waals surface area contributed by atoms with Crippen molar-refractivity contribution in [2.24, 2.45) is 12.0 Å². The molecule has 190 valence electrons. The highest BCUT2D eigenvalue weighted by Gasteiger charge is 2.36. The Bertz CT molecular complexity index is 1590. The van der Waals surface area contributed by atoms with Gasteiger partial charge < -0.3 is 24.1 Å². The zero-order valence-corrected chi connectivity index (χ0v) is 20.8. The van der Waals surface area contributed by atoms with Crippen LogP contribution < -0.4 is 14.8 Å². The summed E-state index contributed by atoms with van der Waals surface area (Å²) in [5.74, 6) is 0.709. The first-order valence-electron chi connectivity index (χ1n) is 12.2. The number of ether oxygens (including phenoxy) is 3. The summed E-state index contributed by atoms with van der Waals surface area (Å²) in [6, 6.07) is 18.3. The monoisotopic (exact) mass is 508 g/mol. The van der Waals surface area contributed by atoms with Gasteiger partial charge in [-0.3, -0.25) is 9.79 Å². The predicted molar refractivity (Wildman–Crippen MR) is 141 cm³/mol. The van der Waals surface area contributed by atoms with Crippen molar-refractivity contribution in [3.63, 3.8) is 0 Å². The Morgan fingerprint density at radius 3 is 2.63 bits per heavy atom. The van der Waals surface area contributed by atoms with E-state index < -0.39 is 11.9 Å². The summed E-state index contributed by atoms with van der Waals surface area (Å²) >= 11 is 0. The fourth-order valence-corrected chi connectivity index (χ4v) is 4.69. The smallest absolute Gasteiger partial charge is 0.338 e. The van der Waals surface area contributed by atoms with E-state index in [1.165, 1.54) is 0 Å². The number of amides is 1. The van der Waals surface area contributed by atoms with E-state index in [0.29, 0.717) is 34.1 Å². The molecule has 0 saturated carbocycles. The largest absolute Gasteiger partial charge is 0.462 e. The number of aromatic nitrogens is 2. The summed E-state index contributed by atoms with van der Waals surface area (Å²) in [7, 11) is 1.94. The fraction of sp³-hybridized carbons (Fsp3) is 0.172. The topological polar surface area (TPSA) is 104 Å². The first-order chi connectivity index (χ1) is 18.5. The lowest BCUT2D eigenvalue weighted by atomic mass is 9.90. The van der Waals surface area contributed by atoms with Gasteiger partial charge in [0.25, 0.3) is 0 Å². The number of aryl methyl sites for hydroxylation is 1. The molecule has 1 aromatic heterocycles. The number of anilines is 1. The van der Waals surface area contributed by atoms with Crippen molar-refractivity contribution in [2.45, 2.75) is 12.8 Å². The standard InChI is InChI=1S/C29H24N4O5/c1-3-36-29(35)19-6-10-21-22(14-19)32-28(34)25(21)26(18-7-11-23-24(15-18)38-16-37-23)31-20-8-4-17(5-9-20)27-30-12-13-33(27)2/h4-15,25H,3,16H2,1-2H3,(H,32,34). The Hall–Kier alpha value is -4.92. The Morgan fingerprint density at radius 2 is 1.87 bits per heavy atom. The Kier molecular flexibility index (Phi) is 5.88. The first-order valence-corrected chi connectivity index (χ1v) is 12.2. The second kappa shape index (κ2) is 9.51. The number of imidazole rings is 1. The van der Waals surface area contributed by atoms with E-state index in [4.69, 9.17) is 19.2 Å². The minimum absolute atomic E-state index is 0.142. The molecular formula is C29H24N4O5. The van der Waals surface area contributed by atoms with Crippen LogP contribution in [0.4, 0.5) is 11.4 Å². The third-order valence-electron chi connectivity index (χ3n) is 6.53. The molecule has 1 amide bonds. The van der Waals surface area contributed by atoms with E-state index in [0.717, 1.165) is 22.5 Å². The number of nitrogens with one attached hydrogen (secondary N) is 1. The molecule has 0 spiro atoms. The van der Waals surface area contributed by atoms with Crippen LogP contribution in [0.3, 0.4) is 0 Å². The molecule has 1 atom stereocenters. The van der Waals surface area contributed by atoms with E-state index >= 15 is 0 Å². The molecule has 0 bridgehead atoms. The van der Waals surface area contributed by atoms with Crippen molar-refractivity contribution < 1.29 is 23.8 Å². The second-order valence-electron chi connectivity index (χ2n) is 8.92. The third kappa shape index (κ3) is 4.17. The summed E-state index contributed by atoms with van der Waals surface area (Å²) in [5, 5.41) is 2.91. The minimum Gasteiger partial charge on any atom is -0.462 e. The molecule has 0 fully saturated rings. The highest BCUT2D eigenvalue weighted by molar-refractivity contribution is 6.24. The Labute approximate surface area is 218 Å². The normalized spacial score (nSPS) is 15.8. The van der Waals surface area contributed by atoms with Gasteiger partial charge in [-0.1, -0.05) is 6.07 Å². The van der Waals surface area contributed by atoms with Crippen LogP contribution in [0, 0.1) is 0 Å². The van der Waals surface area contributed by atoms with Gasteiger partial charge in [0.05, 0.1) is 23.6 Å². The molecule has 1 unspecified atom stereocenters. The summed E-state index contributed by atoms with van der Waals surface area (Å²) in [4.78, 5) is 35.0.